The smallest absolute Gasteiger partial charge is 0.319 e. The van der Waals surface area contributed by atoms with E-state index in [1.54, 1.807) is 24.3 Å². The molecule has 3 N–H and O–H groups in total. The molecular formula is C15H21N3O3. The number of amides is 2. The molecule has 1 aromatic carbocycles. The second-order valence-corrected chi connectivity index (χ2v) is 5.44. The fraction of sp³-hybridized carbons (Fsp3) is 0.467. The lowest BCUT2D eigenvalue weighted by molar-refractivity contribution is -0.136. The number of anilines is 1. The van der Waals surface area contributed by atoms with Crippen LogP contribution in [-0.2, 0) is 11.2 Å². The van der Waals surface area contributed by atoms with Crippen LogP contribution in [0, 0.1) is 0 Å². The van der Waals surface area contributed by atoms with E-state index in [0.29, 0.717) is 11.3 Å². The summed E-state index contributed by atoms with van der Waals surface area (Å²) >= 11 is 0. The first kappa shape index (κ1) is 15.3. The maximum absolute atomic E-state index is 11.9. The third-order valence-corrected chi connectivity index (χ3v) is 3.62. The lowest BCUT2D eigenvalue weighted by atomic mass is 10.1. The minimum atomic E-state index is -0.865. The van der Waals surface area contributed by atoms with Gasteiger partial charge in [-0.25, -0.2) is 4.79 Å². The largest absolute Gasteiger partial charge is 0.481 e. The van der Waals surface area contributed by atoms with Crippen molar-refractivity contribution in [2.45, 2.75) is 25.3 Å². The maximum Gasteiger partial charge on any atom is 0.319 e. The monoisotopic (exact) mass is 291 g/mol. The van der Waals surface area contributed by atoms with Gasteiger partial charge in [0.05, 0.1) is 6.42 Å². The van der Waals surface area contributed by atoms with Gasteiger partial charge in [-0.2, -0.15) is 0 Å². The summed E-state index contributed by atoms with van der Waals surface area (Å²) in [6, 6.07) is 6.85. The number of aliphatic carboxylic acids is 1. The highest BCUT2D eigenvalue weighted by atomic mass is 16.4. The number of rotatable bonds is 4. The van der Waals surface area contributed by atoms with E-state index in [1.165, 1.54) is 0 Å². The molecule has 0 bridgehead atoms. The second-order valence-electron chi connectivity index (χ2n) is 5.44. The van der Waals surface area contributed by atoms with Gasteiger partial charge in [0.1, 0.15) is 0 Å². The molecule has 1 aliphatic heterocycles. The van der Waals surface area contributed by atoms with Crippen molar-refractivity contribution in [3.05, 3.63) is 29.8 Å². The molecule has 1 fully saturated rings. The van der Waals surface area contributed by atoms with Crippen molar-refractivity contribution in [3.63, 3.8) is 0 Å². The molecule has 0 radical (unpaired) electrons. The summed E-state index contributed by atoms with van der Waals surface area (Å²) in [6.45, 7) is 1.99. The van der Waals surface area contributed by atoms with E-state index in [0.717, 1.165) is 25.9 Å². The van der Waals surface area contributed by atoms with Gasteiger partial charge in [-0.05, 0) is 50.7 Å². The Morgan fingerprint density at radius 3 is 2.43 bits per heavy atom. The van der Waals surface area contributed by atoms with Crippen LogP contribution in [0.2, 0.25) is 0 Å². The number of hydrogen-bond acceptors (Lipinski definition) is 3. The number of benzene rings is 1. The third kappa shape index (κ3) is 5.07. The number of carboxylic acid groups (broad SMARTS) is 1. The molecular weight excluding hydrogens is 270 g/mol. The zero-order chi connectivity index (χ0) is 15.2. The number of piperidine rings is 1. The highest BCUT2D eigenvalue weighted by Crippen LogP contribution is 2.11. The summed E-state index contributed by atoms with van der Waals surface area (Å²) in [6.07, 6.45) is 1.91. The van der Waals surface area contributed by atoms with Crippen LogP contribution in [0.15, 0.2) is 24.3 Å². The molecule has 1 saturated heterocycles. The van der Waals surface area contributed by atoms with E-state index < -0.39 is 5.97 Å². The van der Waals surface area contributed by atoms with E-state index in [1.807, 2.05) is 0 Å². The Morgan fingerprint density at radius 1 is 1.24 bits per heavy atom. The quantitative estimate of drug-likeness (QED) is 0.786. The average Bonchev–Trinajstić information content (AvgIpc) is 2.43. The van der Waals surface area contributed by atoms with Gasteiger partial charge in [0, 0.05) is 11.7 Å². The lowest BCUT2D eigenvalue weighted by Gasteiger charge is -2.29. The number of carboxylic acids is 1. The molecule has 0 aromatic heterocycles. The number of nitrogens with zero attached hydrogens (tertiary/aromatic N) is 1. The molecule has 6 heteroatoms. The normalized spacial score (nSPS) is 16.4. The summed E-state index contributed by atoms with van der Waals surface area (Å²) in [5, 5.41) is 14.4. The molecule has 6 nitrogen and oxygen atoms in total. The van der Waals surface area contributed by atoms with Gasteiger partial charge in [0.25, 0.3) is 0 Å². The molecule has 1 aromatic rings. The molecule has 2 amide bonds. The summed E-state index contributed by atoms with van der Waals surface area (Å²) in [5.74, 6) is -0.865. The fourth-order valence-electron chi connectivity index (χ4n) is 2.39. The summed E-state index contributed by atoms with van der Waals surface area (Å²) in [5.41, 5.74) is 1.37. The van der Waals surface area contributed by atoms with Crippen molar-refractivity contribution < 1.29 is 14.7 Å². The van der Waals surface area contributed by atoms with Crippen LogP contribution in [0.3, 0.4) is 0 Å². The Morgan fingerprint density at radius 2 is 1.86 bits per heavy atom. The van der Waals surface area contributed by atoms with E-state index in [-0.39, 0.29) is 18.5 Å². The number of carbonyl (C=O) groups is 2. The third-order valence-electron chi connectivity index (χ3n) is 3.62. The molecule has 2 rings (SSSR count). The molecule has 0 atom stereocenters. The van der Waals surface area contributed by atoms with E-state index >= 15 is 0 Å². The predicted octanol–water partition coefficient (Wildman–Crippen LogP) is 1.53. The average molecular weight is 291 g/mol. The standard InChI is InChI=1S/C15H21N3O3/c1-18-8-6-13(7-9-18)17-15(21)16-12-4-2-11(3-5-12)10-14(19)20/h2-5,13H,6-10H2,1H3,(H,19,20)(H2,16,17,21). The zero-order valence-corrected chi connectivity index (χ0v) is 12.1. The van der Waals surface area contributed by atoms with Gasteiger partial charge in [-0.15, -0.1) is 0 Å². The first-order valence-electron chi connectivity index (χ1n) is 7.10. The fourth-order valence-corrected chi connectivity index (χ4v) is 2.39. The van der Waals surface area contributed by atoms with Gasteiger partial charge in [0.2, 0.25) is 0 Å². The van der Waals surface area contributed by atoms with Crippen molar-refractivity contribution in [2.75, 3.05) is 25.5 Å². The second kappa shape index (κ2) is 7.08. The van der Waals surface area contributed by atoms with Gasteiger partial charge >= 0.3 is 12.0 Å². The number of likely N-dealkylation sites (tertiary alicyclic amines) is 1. The summed E-state index contributed by atoms with van der Waals surface area (Å²) in [7, 11) is 2.08. The molecule has 0 saturated carbocycles. The molecule has 114 valence electrons. The first-order valence-corrected chi connectivity index (χ1v) is 7.10. The maximum atomic E-state index is 11.9. The van der Waals surface area contributed by atoms with E-state index in [9.17, 15) is 9.59 Å². The van der Waals surface area contributed by atoms with Crippen LogP contribution in [0.25, 0.3) is 0 Å². The minimum Gasteiger partial charge on any atom is -0.481 e. The van der Waals surface area contributed by atoms with Gasteiger partial charge in [0.15, 0.2) is 0 Å². The first-order chi connectivity index (χ1) is 10.0. The Labute approximate surface area is 124 Å². The van der Waals surface area contributed by atoms with Crippen molar-refractivity contribution >= 4 is 17.7 Å². The van der Waals surface area contributed by atoms with Crippen molar-refractivity contribution in [2.24, 2.45) is 0 Å². The molecule has 0 aliphatic carbocycles. The number of nitrogens with one attached hydrogen (secondary N) is 2. The van der Waals surface area contributed by atoms with Gasteiger partial charge < -0.3 is 20.6 Å². The molecule has 0 spiro atoms. The zero-order valence-electron chi connectivity index (χ0n) is 12.1. The Kier molecular flexibility index (Phi) is 5.16. The molecule has 1 aliphatic rings. The predicted molar refractivity (Wildman–Crippen MR) is 80.5 cm³/mol. The van der Waals surface area contributed by atoms with Crippen LogP contribution < -0.4 is 10.6 Å². The van der Waals surface area contributed by atoms with Gasteiger partial charge in [-0.1, -0.05) is 12.1 Å². The highest BCUT2D eigenvalue weighted by molar-refractivity contribution is 5.89. The van der Waals surface area contributed by atoms with Crippen molar-refractivity contribution in [1.82, 2.24) is 10.2 Å². The lowest BCUT2D eigenvalue weighted by Crippen LogP contribution is -2.44. The summed E-state index contributed by atoms with van der Waals surface area (Å²) in [4.78, 5) is 24.7. The van der Waals surface area contributed by atoms with Crippen LogP contribution in [0.1, 0.15) is 18.4 Å². The molecule has 1 heterocycles. The number of hydrogen-bond donors (Lipinski definition) is 3. The SMILES string of the molecule is CN1CCC(NC(=O)Nc2ccc(CC(=O)O)cc2)CC1. The minimum absolute atomic E-state index is 0.0118. The number of urea groups is 1. The molecule has 0 unspecified atom stereocenters. The van der Waals surface area contributed by atoms with Crippen LogP contribution in [0.5, 0.6) is 0 Å². The van der Waals surface area contributed by atoms with Crippen LogP contribution in [-0.4, -0.2) is 48.2 Å². The molecule has 21 heavy (non-hydrogen) atoms. The van der Waals surface area contributed by atoms with Crippen molar-refractivity contribution in [1.29, 1.82) is 0 Å². The van der Waals surface area contributed by atoms with Crippen LogP contribution in [0.4, 0.5) is 10.5 Å². The summed E-state index contributed by atoms with van der Waals surface area (Å²) < 4.78 is 0. The van der Waals surface area contributed by atoms with Crippen LogP contribution >= 0.6 is 0 Å². The Bertz CT molecular complexity index is 493. The van der Waals surface area contributed by atoms with E-state index in [2.05, 4.69) is 22.6 Å². The highest BCUT2D eigenvalue weighted by Gasteiger charge is 2.18. The number of carbonyl (C=O) groups excluding carboxylic acids is 1. The Balaban J connectivity index is 1.80. The van der Waals surface area contributed by atoms with Crippen molar-refractivity contribution in [3.8, 4) is 0 Å². The van der Waals surface area contributed by atoms with Gasteiger partial charge in [-0.3, -0.25) is 4.79 Å². The van der Waals surface area contributed by atoms with E-state index in [4.69, 9.17) is 5.11 Å². The topological polar surface area (TPSA) is 81.7 Å². The Hall–Kier alpha value is -2.08.